The second-order valence-corrected chi connectivity index (χ2v) is 8.14. The van der Waals surface area contributed by atoms with E-state index in [4.69, 9.17) is 10.5 Å². The van der Waals surface area contributed by atoms with Gasteiger partial charge in [-0.05, 0) is 38.2 Å². The Morgan fingerprint density at radius 1 is 1.28 bits per heavy atom. The monoisotopic (exact) mass is 440 g/mol. The molecule has 172 valence electrons. The van der Waals surface area contributed by atoms with Gasteiger partial charge in [-0.15, -0.1) is 0 Å². The number of nitrogens with two attached hydrogens (primary N) is 1. The van der Waals surface area contributed by atoms with Crippen LogP contribution in [0.2, 0.25) is 0 Å². The highest BCUT2D eigenvalue weighted by atomic mass is 16.5. The number of nitrogens with one attached hydrogen (secondary N) is 1. The van der Waals surface area contributed by atoms with Crippen molar-refractivity contribution < 1.29 is 9.84 Å². The van der Waals surface area contributed by atoms with E-state index in [0.29, 0.717) is 23.3 Å². The Labute approximate surface area is 187 Å². The Hall–Kier alpha value is -3.17. The molecule has 0 unspecified atom stereocenters. The van der Waals surface area contributed by atoms with E-state index >= 15 is 0 Å². The van der Waals surface area contributed by atoms with Gasteiger partial charge in [0.2, 0.25) is 5.95 Å². The van der Waals surface area contributed by atoms with Crippen molar-refractivity contribution in [2.24, 2.45) is 0 Å². The van der Waals surface area contributed by atoms with Gasteiger partial charge in [0.05, 0.1) is 31.8 Å². The third-order valence-corrected chi connectivity index (χ3v) is 5.23. The summed E-state index contributed by atoms with van der Waals surface area (Å²) in [5.41, 5.74) is 8.10. The van der Waals surface area contributed by atoms with Crippen LogP contribution in [-0.4, -0.2) is 58.4 Å². The van der Waals surface area contributed by atoms with Gasteiger partial charge in [-0.25, -0.2) is 4.98 Å². The molecule has 0 radical (unpaired) electrons. The number of benzene rings is 1. The number of methoxy groups -OCH3 is 1. The van der Waals surface area contributed by atoms with Crippen molar-refractivity contribution in [1.82, 2.24) is 19.4 Å². The maximum Gasteiger partial charge on any atom is 0.264 e. The first-order valence-electron chi connectivity index (χ1n) is 10.7. The molecule has 9 heteroatoms. The van der Waals surface area contributed by atoms with Crippen LogP contribution in [0.15, 0.2) is 35.3 Å². The van der Waals surface area contributed by atoms with Crippen LogP contribution in [0.25, 0.3) is 10.9 Å². The fourth-order valence-electron chi connectivity index (χ4n) is 3.75. The zero-order chi connectivity index (χ0) is 23.3. The fraction of sp³-hybridized carbons (Fsp3) is 0.435. The lowest BCUT2D eigenvalue weighted by molar-refractivity contribution is 0.268. The third-order valence-electron chi connectivity index (χ3n) is 5.23. The van der Waals surface area contributed by atoms with E-state index in [1.165, 1.54) is 0 Å². The first-order valence-corrected chi connectivity index (χ1v) is 10.7. The first kappa shape index (κ1) is 23.5. The van der Waals surface area contributed by atoms with Gasteiger partial charge in [0.25, 0.3) is 5.56 Å². The van der Waals surface area contributed by atoms with Gasteiger partial charge < -0.3 is 30.4 Å². The normalized spacial score (nSPS) is 12.3. The van der Waals surface area contributed by atoms with Crippen molar-refractivity contribution in [3.8, 4) is 5.75 Å². The largest absolute Gasteiger partial charge is 0.496 e. The number of aliphatic hydroxyl groups is 1. The molecule has 32 heavy (non-hydrogen) atoms. The lowest BCUT2D eigenvalue weighted by atomic mass is 10.1. The average Bonchev–Trinajstić information content (AvgIpc) is 2.75. The standard InChI is InChI=1S/C23H32N6O3/c1-5-6-17(14-30)25-21-20-18(26-23(24)27-21)9-10-29(22(20)31)13-16-8-7-15(12-28(2)3)11-19(16)32-4/h7-11,17,30H,5-6,12-14H2,1-4H3,(H3,24,25,26,27)/t17-/m0/s1. The lowest BCUT2D eigenvalue weighted by Crippen LogP contribution is -2.27. The van der Waals surface area contributed by atoms with Gasteiger partial charge in [-0.2, -0.15) is 4.98 Å². The molecular weight excluding hydrogens is 408 g/mol. The van der Waals surface area contributed by atoms with Gasteiger partial charge in [-0.3, -0.25) is 4.79 Å². The molecule has 0 amide bonds. The first-order chi connectivity index (χ1) is 15.4. The van der Waals surface area contributed by atoms with Crippen molar-refractivity contribution >= 4 is 22.7 Å². The number of aromatic nitrogens is 3. The highest BCUT2D eigenvalue weighted by molar-refractivity contribution is 5.89. The van der Waals surface area contributed by atoms with Gasteiger partial charge in [0, 0.05) is 18.3 Å². The fourth-order valence-corrected chi connectivity index (χ4v) is 3.75. The molecule has 0 aliphatic carbocycles. The third kappa shape index (κ3) is 5.35. The van der Waals surface area contributed by atoms with Crippen molar-refractivity contribution in [2.45, 2.75) is 38.9 Å². The van der Waals surface area contributed by atoms with E-state index in [1.807, 2.05) is 39.2 Å². The van der Waals surface area contributed by atoms with E-state index in [1.54, 1.807) is 23.9 Å². The number of pyridine rings is 1. The van der Waals surface area contributed by atoms with Crippen LogP contribution in [0.1, 0.15) is 30.9 Å². The predicted molar refractivity (Wildman–Crippen MR) is 127 cm³/mol. The van der Waals surface area contributed by atoms with Crippen LogP contribution in [0.3, 0.4) is 0 Å². The van der Waals surface area contributed by atoms with Crippen LogP contribution in [0.4, 0.5) is 11.8 Å². The molecule has 0 aliphatic rings. The Balaban J connectivity index is 2.02. The summed E-state index contributed by atoms with van der Waals surface area (Å²) in [6.07, 6.45) is 3.31. The minimum atomic E-state index is -0.238. The molecule has 4 N–H and O–H groups in total. The highest BCUT2D eigenvalue weighted by Crippen LogP contribution is 2.23. The molecule has 0 aliphatic heterocycles. The topological polar surface area (TPSA) is 119 Å². The number of hydrogen-bond acceptors (Lipinski definition) is 8. The number of hydrogen-bond donors (Lipinski definition) is 3. The van der Waals surface area contributed by atoms with Gasteiger partial charge >= 0.3 is 0 Å². The number of nitrogen functional groups attached to an aromatic ring is 1. The Morgan fingerprint density at radius 2 is 2.06 bits per heavy atom. The summed E-state index contributed by atoms with van der Waals surface area (Å²) in [4.78, 5) is 24.0. The summed E-state index contributed by atoms with van der Waals surface area (Å²) in [6.45, 7) is 3.09. The van der Waals surface area contributed by atoms with Gasteiger partial charge in [-0.1, -0.05) is 25.5 Å². The molecule has 0 saturated carbocycles. The van der Waals surface area contributed by atoms with E-state index < -0.39 is 0 Å². The molecule has 1 aromatic carbocycles. The van der Waals surface area contributed by atoms with Gasteiger partial charge in [0.1, 0.15) is 17.0 Å². The quantitative estimate of drug-likeness (QED) is 0.438. The van der Waals surface area contributed by atoms with Crippen LogP contribution in [0.5, 0.6) is 5.75 Å². The molecule has 9 nitrogen and oxygen atoms in total. The molecule has 0 bridgehead atoms. The Morgan fingerprint density at radius 3 is 2.72 bits per heavy atom. The van der Waals surface area contributed by atoms with E-state index in [9.17, 15) is 9.90 Å². The number of aliphatic hydroxyl groups excluding tert-OH is 1. The molecule has 0 fully saturated rings. The van der Waals surface area contributed by atoms with Gasteiger partial charge in [0.15, 0.2) is 0 Å². The number of nitrogens with zero attached hydrogens (tertiary/aromatic N) is 4. The maximum absolute atomic E-state index is 13.4. The second-order valence-electron chi connectivity index (χ2n) is 8.14. The Kier molecular flexibility index (Phi) is 7.66. The van der Waals surface area contributed by atoms with E-state index in [0.717, 1.165) is 36.3 Å². The van der Waals surface area contributed by atoms with Crippen molar-refractivity contribution in [2.75, 3.05) is 38.9 Å². The zero-order valence-corrected chi connectivity index (χ0v) is 19.1. The number of rotatable bonds is 10. The van der Waals surface area contributed by atoms with Crippen molar-refractivity contribution in [3.05, 3.63) is 51.9 Å². The Bertz CT molecular complexity index is 1130. The molecular formula is C23H32N6O3. The summed E-state index contributed by atoms with van der Waals surface area (Å²) >= 11 is 0. The summed E-state index contributed by atoms with van der Waals surface area (Å²) in [6, 6.07) is 7.54. The minimum absolute atomic E-state index is 0.0727. The molecule has 2 heterocycles. The number of fused-ring (bicyclic) bond motifs is 1. The van der Waals surface area contributed by atoms with Crippen molar-refractivity contribution in [1.29, 1.82) is 0 Å². The summed E-state index contributed by atoms with van der Waals surface area (Å²) in [5, 5.41) is 13.2. The van der Waals surface area contributed by atoms with E-state index in [2.05, 4.69) is 20.2 Å². The minimum Gasteiger partial charge on any atom is -0.496 e. The highest BCUT2D eigenvalue weighted by Gasteiger charge is 2.16. The molecule has 3 rings (SSSR count). The summed E-state index contributed by atoms with van der Waals surface area (Å²) < 4.78 is 7.19. The average molecular weight is 441 g/mol. The molecule has 1 atom stereocenters. The molecule has 2 aromatic heterocycles. The van der Waals surface area contributed by atoms with Crippen LogP contribution >= 0.6 is 0 Å². The SMILES string of the molecule is CCC[C@@H](CO)Nc1nc(N)nc2ccn(Cc3ccc(CN(C)C)cc3OC)c(=O)c12. The van der Waals surface area contributed by atoms with Crippen molar-refractivity contribution in [3.63, 3.8) is 0 Å². The van der Waals surface area contributed by atoms with Crippen LogP contribution < -0.4 is 21.3 Å². The molecule has 0 saturated heterocycles. The van der Waals surface area contributed by atoms with Crippen LogP contribution in [-0.2, 0) is 13.1 Å². The second kappa shape index (κ2) is 10.4. The summed E-state index contributed by atoms with van der Waals surface area (Å²) in [7, 11) is 5.65. The zero-order valence-electron chi connectivity index (χ0n) is 19.1. The van der Waals surface area contributed by atoms with Crippen LogP contribution in [0, 0.1) is 0 Å². The summed E-state index contributed by atoms with van der Waals surface area (Å²) in [5.74, 6) is 1.14. The smallest absolute Gasteiger partial charge is 0.264 e. The lowest BCUT2D eigenvalue weighted by Gasteiger charge is -2.18. The molecule has 0 spiro atoms. The number of anilines is 2. The van der Waals surface area contributed by atoms with E-state index in [-0.39, 0.29) is 24.2 Å². The number of ether oxygens (including phenoxy) is 1. The predicted octanol–water partition coefficient (Wildman–Crippen LogP) is 2.07. The molecule has 3 aromatic rings. The maximum atomic E-state index is 13.4.